The summed E-state index contributed by atoms with van der Waals surface area (Å²) in [6.45, 7) is 5.31. The molecule has 2 rings (SSSR count). The lowest BCUT2D eigenvalue weighted by molar-refractivity contribution is -0.192. The fourth-order valence-electron chi connectivity index (χ4n) is 3.18. The van der Waals surface area contributed by atoms with Gasteiger partial charge in [0.25, 0.3) is 5.85 Å². The van der Waals surface area contributed by atoms with Crippen LogP contribution in [0.1, 0.15) is 57.9 Å². The van der Waals surface area contributed by atoms with Crippen molar-refractivity contribution in [3.63, 3.8) is 0 Å². The van der Waals surface area contributed by atoms with E-state index in [-0.39, 0.29) is 36.9 Å². The lowest BCUT2D eigenvalue weighted by Gasteiger charge is -2.32. The zero-order valence-corrected chi connectivity index (χ0v) is 15.0. The number of carbonyl (C=O) groups is 3. The maximum atomic E-state index is 14.8. The lowest BCUT2D eigenvalue weighted by Crippen LogP contribution is -2.43. The Balaban J connectivity index is 1.93. The Labute approximate surface area is 147 Å². The van der Waals surface area contributed by atoms with Crippen LogP contribution in [0.15, 0.2) is 30.3 Å². The Bertz CT molecular complexity index is 640. The first kappa shape index (κ1) is 19.3. The average molecular weight is 348 g/mol. The Morgan fingerprint density at radius 3 is 2.44 bits per heavy atom. The number of benzene rings is 1. The first-order valence-electron chi connectivity index (χ1n) is 8.74. The molecule has 1 aliphatic carbocycles. The minimum absolute atomic E-state index is 0.0399. The third-order valence-electron chi connectivity index (χ3n) is 4.68. The van der Waals surface area contributed by atoms with Gasteiger partial charge in [0.1, 0.15) is 11.6 Å². The van der Waals surface area contributed by atoms with Crippen LogP contribution >= 0.6 is 0 Å². The van der Waals surface area contributed by atoms with Gasteiger partial charge >= 0.3 is 5.97 Å². The van der Waals surface area contributed by atoms with Gasteiger partial charge in [-0.25, -0.2) is 0 Å². The summed E-state index contributed by atoms with van der Waals surface area (Å²) in [6.07, 6.45) is -0.527. The van der Waals surface area contributed by atoms with E-state index < -0.39 is 29.9 Å². The summed E-state index contributed by atoms with van der Waals surface area (Å²) < 4.78 is 19.8. The number of halogens is 1. The van der Waals surface area contributed by atoms with Crippen molar-refractivity contribution in [2.45, 2.75) is 58.2 Å². The van der Waals surface area contributed by atoms with Crippen molar-refractivity contribution in [1.82, 2.24) is 0 Å². The molecule has 1 fully saturated rings. The summed E-state index contributed by atoms with van der Waals surface area (Å²) >= 11 is 0. The first-order valence-corrected chi connectivity index (χ1v) is 8.74. The van der Waals surface area contributed by atoms with E-state index in [2.05, 4.69) is 0 Å². The number of hydrogen-bond acceptors (Lipinski definition) is 4. The topological polar surface area (TPSA) is 60.4 Å². The van der Waals surface area contributed by atoms with Crippen molar-refractivity contribution >= 4 is 17.5 Å². The van der Waals surface area contributed by atoms with Crippen LogP contribution in [0.4, 0.5) is 4.39 Å². The Morgan fingerprint density at radius 1 is 1.24 bits per heavy atom. The summed E-state index contributed by atoms with van der Waals surface area (Å²) in [7, 11) is 0. The van der Waals surface area contributed by atoms with E-state index in [0.29, 0.717) is 0 Å². The van der Waals surface area contributed by atoms with E-state index in [9.17, 15) is 18.8 Å². The van der Waals surface area contributed by atoms with Crippen LogP contribution in [0.2, 0.25) is 0 Å². The fourth-order valence-corrected chi connectivity index (χ4v) is 3.18. The molecule has 0 aliphatic heterocycles. The number of rotatable bonds is 6. The first-order chi connectivity index (χ1) is 11.7. The molecule has 1 aromatic carbocycles. The number of hydrogen-bond donors (Lipinski definition) is 0. The van der Waals surface area contributed by atoms with Crippen molar-refractivity contribution in [2.75, 3.05) is 0 Å². The van der Waals surface area contributed by atoms with Crippen LogP contribution in [0.3, 0.4) is 0 Å². The van der Waals surface area contributed by atoms with Crippen molar-refractivity contribution in [2.24, 2.45) is 11.8 Å². The lowest BCUT2D eigenvalue weighted by atomic mass is 9.79. The monoisotopic (exact) mass is 348 g/mol. The zero-order chi connectivity index (χ0) is 18.6. The highest BCUT2D eigenvalue weighted by atomic mass is 19.2. The van der Waals surface area contributed by atoms with Gasteiger partial charge in [0.05, 0.1) is 18.8 Å². The maximum absolute atomic E-state index is 14.8. The summed E-state index contributed by atoms with van der Waals surface area (Å²) in [5.41, 5.74) is 0.967. The maximum Gasteiger partial charge on any atom is 0.309 e. The second kappa shape index (κ2) is 7.89. The molecule has 0 heterocycles. The molecular weight excluding hydrogens is 323 g/mol. The standard InChI is InChI=1S/C20H25FO4/c1-13(2)19(24)16-9-10-20(21,12-17(16)22)25-18(23)11-14(3)15-7-5-4-6-8-15/h4-8,13-14,16H,9-12H2,1-3H3. The molecule has 3 atom stereocenters. The molecule has 0 radical (unpaired) electrons. The zero-order valence-electron chi connectivity index (χ0n) is 15.0. The number of Topliss-reactive ketones (excluding diaryl/α,β-unsaturated/α-hetero) is 2. The minimum Gasteiger partial charge on any atom is -0.428 e. The predicted octanol–water partition coefficient (Wildman–Crippen LogP) is 3.98. The number of ether oxygens (including phenoxy) is 1. The average Bonchev–Trinajstić information content (AvgIpc) is 2.54. The van der Waals surface area contributed by atoms with Crippen LogP contribution in [0.25, 0.3) is 0 Å². The van der Waals surface area contributed by atoms with Crippen molar-refractivity contribution in [1.29, 1.82) is 0 Å². The van der Waals surface area contributed by atoms with Gasteiger partial charge in [-0.15, -0.1) is 0 Å². The Kier molecular flexibility index (Phi) is 6.09. The molecule has 3 unspecified atom stereocenters. The van der Waals surface area contributed by atoms with E-state index in [0.717, 1.165) is 5.56 Å². The number of esters is 1. The second-order valence-electron chi connectivity index (χ2n) is 7.16. The fraction of sp³-hybridized carbons (Fsp3) is 0.550. The summed E-state index contributed by atoms with van der Waals surface area (Å²) in [5.74, 6) is -4.75. The van der Waals surface area contributed by atoms with Gasteiger partial charge in [0, 0.05) is 12.3 Å². The van der Waals surface area contributed by atoms with Gasteiger partial charge in [-0.2, -0.15) is 4.39 Å². The Hall–Kier alpha value is -2.04. The van der Waals surface area contributed by atoms with E-state index in [1.807, 2.05) is 37.3 Å². The number of carbonyl (C=O) groups excluding carboxylic acids is 3. The van der Waals surface area contributed by atoms with Gasteiger partial charge in [-0.3, -0.25) is 14.4 Å². The van der Waals surface area contributed by atoms with Gasteiger partial charge in [0.15, 0.2) is 0 Å². The molecule has 0 saturated heterocycles. The van der Waals surface area contributed by atoms with Crippen molar-refractivity contribution in [3.8, 4) is 0 Å². The molecule has 0 aromatic heterocycles. The predicted molar refractivity (Wildman–Crippen MR) is 91.6 cm³/mol. The van der Waals surface area contributed by atoms with Gasteiger partial charge < -0.3 is 4.74 Å². The molecule has 0 bridgehead atoms. The highest BCUT2D eigenvalue weighted by Gasteiger charge is 2.46. The number of alkyl halides is 1. The summed E-state index contributed by atoms with van der Waals surface area (Å²) in [4.78, 5) is 36.2. The third-order valence-corrected chi connectivity index (χ3v) is 4.68. The Morgan fingerprint density at radius 2 is 1.88 bits per heavy atom. The minimum atomic E-state index is -2.29. The molecule has 5 heteroatoms. The second-order valence-corrected chi connectivity index (χ2v) is 7.16. The largest absolute Gasteiger partial charge is 0.428 e. The molecular formula is C20H25FO4. The molecule has 1 aliphatic rings. The van der Waals surface area contributed by atoms with Crippen LogP contribution in [0.5, 0.6) is 0 Å². The smallest absolute Gasteiger partial charge is 0.309 e. The molecule has 136 valence electrons. The SMILES string of the molecule is CC(C)C(=O)C1CCC(F)(OC(=O)CC(C)c2ccccc2)CC1=O. The summed E-state index contributed by atoms with van der Waals surface area (Å²) in [5, 5.41) is 0. The molecule has 0 N–H and O–H groups in total. The van der Waals surface area contributed by atoms with E-state index in [1.54, 1.807) is 13.8 Å². The number of ketones is 2. The quantitative estimate of drug-likeness (QED) is 0.576. The molecule has 0 amide bonds. The molecule has 1 saturated carbocycles. The van der Waals surface area contributed by atoms with E-state index in [1.165, 1.54) is 0 Å². The molecule has 25 heavy (non-hydrogen) atoms. The van der Waals surface area contributed by atoms with Gasteiger partial charge in [-0.1, -0.05) is 51.1 Å². The summed E-state index contributed by atoms with van der Waals surface area (Å²) in [6, 6.07) is 9.43. The highest BCUT2D eigenvalue weighted by Crippen LogP contribution is 2.36. The van der Waals surface area contributed by atoms with Crippen LogP contribution in [-0.2, 0) is 19.1 Å². The van der Waals surface area contributed by atoms with E-state index in [4.69, 9.17) is 4.74 Å². The van der Waals surface area contributed by atoms with Crippen molar-refractivity contribution < 1.29 is 23.5 Å². The van der Waals surface area contributed by atoms with Crippen LogP contribution < -0.4 is 0 Å². The molecule has 1 aromatic rings. The van der Waals surface area contributed by atoms with Crippen LogP contribution in [0, 0.1) is 11.8 Å². The van der Waals surface area contributed by atoms with Crippen molar-refractivity contribution in [3.05, 3.63) is 35.9 Å². The van der Waals surface area contributed by atoms with E-state index >= 15 is 0 Å². The van der Waals surface area contributed by atoms with Gasteiger partial charge in [0.2, 0.25) is 0 Å². The molecule has 0 spiro atoms. The highest BCUT2D eigenvalue weighted by molar-refractivity contribution is 6.03. The molecule has 4 nitrogen and oxygen atoms in total. The van der Waals surface area contributed by atoms with Crippen LogP contribution in [-0.4, -0.2) is 23.4 Å². The van der Waals surface area contributed by atoms with Gasteiger partial charge in [-0.05, 0) is 17.9 Å². The third kappa shape index (κ3) is 4.97. The normalized spacial score (nSPS) is 24.8.